The summed E-state index contributed by atoms with van der Waals surface area (Å²) in [5.74, 6) is 3.09. The van der Waals surface area contributed by atoms with Crippen LogP contribution in [0.25, 0.3) is 0 Å². The summed E-state index contributed by atoms with van der Waals surface area (Å²) in [5, 5.41) is 14.0. The number of hydrogen-bond donors (Lipinski definition) is 2. The predicted molar refractivity (Wildman–Crippen MR) is 122 cm³/mol. The van der Waals surface area contributed by atoms with Crippen LogP contribution in [-0.2, 0) is 4.74 Å². The van der Waals surface area contributed by atoms with E-state index >= 15 is 0 Å². The highest BCUT2D eigenvalue weighted by atomic mass is 16.5. The summed E-state index contributed by atoms with van der Waals surface area (Å²) in [6, 6.07) is 0.516. The molecule has 5 rings (SSSR count). The first-order valence-corrected chi connectivity index (χ1v) is 12.9. The van der Waals surface area contributed by atoms with Gasteiger partial charge in [0.15, 0.2) is 0 Å². The highest BCUT2D eigenvalue weighted by Gasteiger charge is 2.54. The third kappa shape index (κ3) is 3.44. The summed E-state index contributed by atoms with van der Waals surface area (Å²) in [6.45, 7) is 10.7. The molecule has 3 nitrogen and oxygen atoms in total. The first-order valence-electron chi connectivity index (χ1n) is 12.9. The second-order valence-corrected chi connectivity index (χ2v) is 11.6. The molecule has 1 saturated heterocycles. The van der Waals surface area contributed by atoms with Gasteiger partial charge in [-0.2, -0.15) is 0 Å². The number of aliphatic hydroxyl groups is 1. The average Bonchev–Trinajstić information content (AvgIpc) is 3.12. The SMILES string of the molecule is CC[C@@H]1NC[C@@H](C)C[C@H]1O[C@H]1CC[C@@H]2C(=C1C)C[C@H]1[C@H]2CC=C2C[C@@H](O)CC[C@@]21C. The minimum absolute atomic E-state index is 0.110. The maximum Gasteiger partial charge on any atom is 0.0789 e. The van der Waals surface area contributed by atoms with Crippen molar-refractivity contribution in [2.75, 3.05) is 6.54 Å². The van der Waals surface area contributed by atoms with Gasteiger partial charge in [-0.1, -0.05) is 38.0 Å². The second-order valence-electron chi connectivity index (χ2n) is 11.6. The molecule has 30 heavy (non-hydrogen) atoms. The lowest BCUT2D eigenvalue weighted by molar-refractivity contribution is -0.0477. The summed E-state index contributed by atoms with van der Waals surface area (Å²) in [5.41, 5.74) is 5.22. The van der Waals surface area contributed by atoms with Crippen molar-refractivity contribution in [3.05, 3.63) is 22.8 Å². The summed E-state index contributed by atoms with van der Waals surface area (Å²) >= 11 is 0. The molecule has 3 fully saturated rings. The Morgan fingerprint density at radius 2 is 2.07 bits per heavy atom. The number of rotatable bonds is 3. The third-order valence-electron chi connectivity index (χ3n) is 9.88. The van der Waals surface area contributed by atoms with E-state index in [4.69, 9.17) is 4.74 Å². The largest absolute Gasteiger partial charge is 0.393 e. The van der Waals surface area contributed by atoms with Crippen molar-refractivity contribution in [2.45, 2.75) is 110 Å². The lowest BCUT2D eigenvalue weighted by Gasteiger charge is -2.49. The minimum atomic E-state index is -0.110. The van der Waals surface area contributed by atoms with Gasteiger partial charge in [0.1, 0.15) is 0 Å². The molecule has 4 aliphatic carbocycles. The van der Waals surface area contributed by atoms with Crippen LogP contribution in [0, 0.1) is 29.1 Å². The Hall–Kier alpha value is -0.640. The fourth-order valence-electron chi connectivity index (χ4n) is 8.00. The first-order chi connectivity index (χ1) is 14.4. The van der Waals surface area contributed by atoms with Gasteiger partial charge in [-0.15, -0.1) is 0 Å². The molecule has 0 aromatic rings. The molecule has 2 saturated carbocycles. The zero-order valence-electron chi connectivity index (χ0n) is 19.6. The third-order valence-corrected chi connectivity index (χ3v) is 9.88. The van der Waals surface area contributed by atoms with Crippen molar-refractivity contribution in [3.63, 3.8) is 0 Å². The van der Waals surface area contributed by atoms with Gasteiger partial charge in [0.25, 0.3) is 0 Å². The zero-order chi connectivity index (χ0) is 21.0. The fraction of sp³-hybridized carbons (Fsp3) is 0.852. The predicted octanol–water partition coefficient (Wildman–Crippen LogP) is 5.39. The molecule has 0 unspecified atom stereocenters. The molecule has 3 heteroatoms. The van der Waals surface area contributed by atoms with Gasteiger partial charge in [-0.05, 0) is 106 Å². The molecule has 1 heterocycles. The Balaban J connectivity index is 1.36. The number of nitrogens with one attached hydrogen (secondary N) is 1. The van der Waals surface area contributed by atoms with Gasteiger partial charge in [0, 0.05) is 6.04 Å². The molecule has 0 aromatic carbocycles. The summed E-state index contributed by atoms with van der Waals surface area (Å²) in [7, 11) is 0. The van der Waals surface area contributed by atoms with Gasteiger partial charge in [-0.25, -0.2) is 0 Å². The Labute approximate surface area is 183 Å². The van der Waals surface area contributed by atoms with Crippen LogP contribution in [0.3, 0.4) is 0 Å². The molecule has 0 amide bonds. The quantitative estimate of drug-likeness (QED) is 0.609. The van der Waals surface area contributed by atoms with Gasteiger partial charge in [-0.3, -0.25) is 0 Å². The number of fused-ring (bicyclic) bond motifs is 5. The number of aliphatic hydroxyl groups excluding tert-OH is 1. The molecular weight excluding hydrogens is 370 g/mol. The van der Waals surface area contributed by atoms with E-state index in [-0.39, 0.29) is 6.10 Å². The maximum atomic E-state index is 10.2. The average molecular weight is 414 g/mol. The normalized spacial score (nSPS) is 48.6. The molecule has 0 aromatic heterocycles. The van der Waals surface area contributed by atoms with Crippen molar-refractivity contribution in [2.24, 2.45) is 29.1 Å². The molecule has 168 valence electrons. The summed E-state index contributed by atoms with van der Waals surface area (Å²) in [4.78, 5) is 0. The van der Waals surface area contributed by atoms with E-state index < -0.39 is 0 Å². The standard InChI is InChI=1S/C27H43NO2/c1-5-24-26(12-16(2)15-28-24)30-25-9-8-20-21-7-6-18-13-19(29)10-11-27(18,4)23(21)14-22(20)17(25)3/h6,16,19-21,23-26,28-29H,5,7-15H2,1-4H3/t16-,19-,20-,21-,23-,24-,25-,26+,27-/m0/s1. The second kappa shape index (κ2) is 8.05. The van der Waals surface area contributed by atoms with Gasteiger partial charge < -0.3 is 15.2 Å². The van der Waals surface area contributed by atoms with Gasteiger partial charge in [0.2, 0.25) is 0 Å². The topological polar surface area (TPSA) is 41.5 Å². The smallest absolute Gasteiger partial charge is 0.0789 e. The van der Waals surface area contributed by atoms with Crippen molar-refractivity contribution < 1.29 is 9.84 Å². The van der Waals surface area contributed by atoms with Crippen LogP contribution in [0.15, 0.2) is 22.8 Å². The van der Waals surface area contributed by atoms with Gasteiger partial charge in [0.05, 0.1) is 18.3 Å². The molecular formula is C27H43NO2. The van der Waals surface area contributed by atoms with Crippen LogP contribution in [0.2, 0.25) is 0 Å². The van der Waals surface area contributed by atoms with Crippen molar-refractivity contribution in [1.82, 2.24) is 5.32 Å². The molecule has 9 atom stereocenters. The Morgan fingerprint density at radius 1 is 1.23 bits per heavy atom. The number of piperidine rings is 1. The van der Waals surface area contributed by atoms with E-state index in [1.54, 1.807) is 16.7 Å². The van der Waals surface area contributed by atoms with Crippen LogP contribution < -0.4 is 5.32 Å². The van der Waals surface area contributed by atoms with Crippen LogP contribution in [0.5, 0.6) is 0 Å². The van der Waals surface area contributed by atoms with E-state index in [9.17, 15) is 5.11 Å². The fourth-order valence-corrected chi connectivity index (χ4v) is 8.00. The molecule has 1 aliphatic heterocycles. The van der Waals surface area contributed by atoms with Crippen LogP contribution in [0.4, 0.5) is 0 Å². The van der Waals surface area contributed by atoms with Crippen LogP contribution in [-0.4, -0.2) is 36.0 Å². The van der Waals surface area contributed by atoms with E-state index in [2.05, 4.69) is 39.1 Å². The van der Waals surface area contributed by atoms with E-state index in [1.807, 2.05) is 0 Å². The molecule has 0 spiro atoms. The monoisotopic (exact) mass is 413 g/mol. The van der Waals surface area contributed by atoms with Gasteiger partial charge >= 0.3 is 0 Å². The molecule has 0 radical (unpaired) electrons. The lowest BCUT2D eigenvalue weighted by Crippen LogP contribution is -2.50. The number of ether oxygens (including phenoxy) is 1. The molecule has 5 aliphatic rings. The van der Waals surface area contributed by atoms with E-state index in [1.165, 1.54) is 38.5 Å². The van der Waals surface area contributed by atoms with Crippen LogP contribution >= 0.6 is 0 Å². The van der Waals surface area contributed by atoms with E-state index in [0.29, 0.717) is 29.6 Å². The Kier molecular flexibility index (Phi) is 5.69. The summed E-state index contributed by atoms with van der Waals surface area (Å²) < 4.78 is 6.86. The Morgan fingerprint density at radius 3 is 2.87 bits per heavy atom. The molecule has 2 N–H and O–H groups in total. The zero-order valence-corrected chi connectivity index (χ0v) is 19.6. The van der Waals surface area contributed by atoms with Crippen molar-refractivity contribution >= 4 is 0 Å². The first kappa shape index (κ1) is 21.2. The number of allylic oxidation sites excluding steroid dienone is 2. The number of hydrogen-bond acceptors (Lipinski definition) is 3. The molecule has 0 bridgehead atoms. The van der Waals surface area contributed by atoms with Crippen molar-refractivity contribution in [1.29, 1.82) is 0 Å². The Bertz CT molecular complexity index is 726. The van der Waals surface area contributed by atoms with Crippen LogP contribution in [0.1, 0.15) is 85.5 Å². The minimum Gasteiger partial charge on any atom is -0.393 e. The highest BCUT2D eigenvalue weighted by Crippen LogP contribution is 2.62. The van der Waals surface area contributed by atoms with Crippen molar-refractivity contribution in [3.8, 4) is 0 Å². The maximum absolute atomic E-state index is 10.2. The lowest BCUT2D eigenvalue weighted by atomic mass is 9.56. The highest BCUT2D eigenvalue weighted by molar-refractivity contribution is 5.34. The van der Waals surface area contributed by atoms with E-state index in [0.717, 1.165) is 43.6 Å². The summed E-state index contributed by atoms with van der Waals surface area (Å²) in [6.07, 6.45) is 13.6.